The molecule has 1 heterocycles. The van der Waals surface area contributed by atoms with Crippen LogP contribution in [0.5, 0.6) is 0 Å². The van der Waals surface area contributed by atoms with Crippen molar-refractivity contribution in [3.05, 3.63) is 70.9 Å². The van der Waals surface area contributed by atoms with Gasteiger partial charge in [0.25, 0.3) is 5.91 Å². The number of halogens is 5. The van der Waals surface area contributed by atoms with E-state index >= 15 is 0 Å². The summed E-state index contributed by atoms with van der Waals surface area (Å²) >= 11 is 0.808. The molecule has 41 heavy (non-hydrogen) atoms. The highest BCUT2D eigenvalue weighted by atomic mass is 32.1. The molecule has 0 radical (unpaired) electrons. The Morgan fingerprint density at radius 2 is 1.56 bits per heavy atom. The standard InChI is InChI=1S/C25H24F5N3O4S.C3H8/c1-3-36-19(37-4-2)13-31-23(35)21-22(14-7-5-8-15(11-14)25(28,29)30)38-24(33-21)32-12-18(34)20-16(26)9-6-10-17(20)27;1-3-2/h5-11,19H,3-4,12-13H2,1-2H3,(H,31,35)(H,32,33);3H2,1-2H3. The van der Waals surface area contributed by atoms with Gasteiger partial charge in [-0.2, -0.15) is 13.2 Å². The number of thiazole rings is 1. The van der Waals surface area contributed by atoms with Crippen LogP contribution in [0, 0.1) is 11.6 Å². The van der Waals surface area contributed by atoms with Gasteiger partial charge in [-0.15, -0.1) is 0 Å². The molecule has 0 spiro atoms. The second-order valence-corrected chi connectivity index (χ2v) is 9.41. The highest BCUT2D eigenvalue weighted by Crippen LogP contribution is 2.37. The second kappa shape index (κ2) is 16.1. The number of alkyl halides is 3. The SMILES string of the molecule is CCC.CCOC(CNC(=O)c1nc(NCC(=O)c2c(F)cccc2F)sc1-c1cccc(C(F)(F)F)c1)OCC. The Balaban J connectivity index is 0.00000187. The summed E-state index contributed by atoms with van der Waals surface area (Å²) in [6, 6.07) is 7.32. The quantitative estimate of drug-likeness (QED) is 0.133. The highest BCUT2D eigenvalue weighted by molar-refractivity contribution is 7.19. The molecule has 3 aromatic rings. The van der Waals surface area contributed by atoms with Gasteiger partial charge in [0.15, 0.2) is 17.2 Å². The number of nitrogens with one attached hydrogen (secondary N) is 2. The summed E-state index contributed by atoms with van der Waals surface area (Å²) in [7, 11) is 0. The normalized spacial score (nSPS) is 11.2. The summed E-state index contributed by atoms with van der Waals surface area (Å²) < 4.78 is 78.6. The van der Waals surface area contributed by atoms with E-state index < -0.39 is 53.5 Å². The molecule has 7 nitrogen and oxygen atoms in total. The molecule has 0 saturated carbocycles. The molecule has 0 aliphatic heterocycles. The Labute approximate surface area is 239 Å². The minimum absolute atomic E-state index is 0.0150. The molecule has 3 rings (SSSR count). The fourth-order valence-corrected chi connectivity index (χ4v) is 4.34. The number of Topliss-reactive ketones (excluding diaryl/α,β-unsaturated/α-hetero) is 1. The first-order chi connectivity index (χ1) is 19.5. The van der Waals surface area contributed by atoms with Crippen LogP contribution in [0.25, 0.3) is 10.4 Å². The molecule has 0 bridgehead atoms. The van der Waals surface area contributed by atoms with Crippen molar-refractivity contribution in [2.24, 2.45) is 0 Å². The lowest BCUT2D eigenvalue weighted by Crippen LogP contribution is -2.35. The zero-order valence-electron chi connectivity index (χ0n) is 23.0. The van der Waals surface area contributed by atoms with Crippen LogP contribution < -0.4 is 10.6 Å². The first-order valence-corrected chi connectivity index (χ1v) is 13.7. The highest BCUT2D eigenvalue weighted by Gasteiger charge is 2.31. The summed E-state index contributed by atoms with van der Waals surface area (Å²) in [6.07, 6.45) is -4.13. The molecule has 0 fully saturated rings. The summed E-state index contributed by atoms with van der Waals surface area (Å²) in [5.74, 6) is -3.73. The third kappa shape index (κ3) is 9.87. The minimum atomic E-state index is -4.62. The van der Waals surface area contributed by atoms with E-state index in [1.54, 1.807) is 13.8 Å². The lowest BCUT2D eigenvalue weighted by atomic mass is 10.1. The number of aromatic nitrogens is 1. The van der Waals surface area contributed by atoms with Crippen LogP contribution >= 0.6 is 11.3 Å². The maximum atomic E-state index is 13.9. The van der Waals surface area contributed by atoms with Crippen LogP contribution in [0.15, 0.2) is 42.5 Å². The van der Waals surface area contributed by atoms with Gasteiger partial charge >= 0.3 is 6.18 Å². The van der Waals surface area contributed by atoms with Crippen molar-refractivity contribution >= 4 is 28.2 Å². The van der Waals surface area contributed by atoms with Crippen molar-refractivity contribution in [1.29, 1.82) is 0 Å². The van der Waals surface area contributed by atoms with Crippen LogP contribution in [0.1, 0.15) is 60.5 Å². The predicted molar refractivity (Wildman–Crippen MR) is 147 cm³/mol. The van der Waals surface area contributed by atoms with Gasteiger partial charge in [-0.25, -0.2) is 13.8 Å². The Morgan fingerprint density at radius 1 is 0.976 bits per heavy atom. The number of ether oxygens (including phenoxy) is 2. The van der Waals surface area contributed by atoms with Crippen LogP contribution in [0.4, 0.5) is 27.1 Å². The number of carbonyl (C=O) groups is 2. The first kappa shape index (κ1) is 33.8. The van der Waals surface area contributed by atoms with Gasteiger partial charge < -0.3 is 20.1 Å². The Kier molecular flexibility index (Phi) is 13.3. The van der Waals surface area contributed by atoms with Crippen LogP contribution in [0.3, 0.4) is 0 Å². The Bertz CT molecular complexity index is 1270. The lowest BCUT2D eigenvalue weighted by molar-refractivity contribution is -0.137. The number of nitrogens with zero attached hydrogens (tertiary/aromatic N) is 1. The topological polar surface area (TPSA) is 89.5 Å². The molecule has 1 amide bonds. The molecular formula is C28H32F5N3O4S. The minimum Gasteiger partial charge on any atom is -0.354 e. The number of anilines is 1. The van der Waals surface area contributed by atoms with Gasteiger partial charge in [0.05, 0.1) is 29.1 Å². The van der Waals surface area contributed by atoms with E-state index in [9.17, 15) is 31.5 Å². The van der Waals surface area contributed by atoms with E-state index in [-0.39, 0.29) is 27.8 Å². The Morgan fingerprint density at radius 3 is 2.12 bits per heavy atom. The van der Waals surface area contributed by atoms with Crippen molar-refractivity contribution in [3.8, 4) is 10.4 Å². The maximum absolute atomic E-state index is 13.9. The maximum Gasteiger partial charge on any atom is 0.416 e. The summed E-state index contributed by atoms with van der Waals surface area (Å²) in [5, 5.41) is 5.17. The van der Waals surface area contributed by atoms with E-state index in [0.717, 1.165) is 41.7 Å². The zero-order chi connectivity index (χ0) is 30.6. The van der Waals surface area contributed by atoms with Crippen molar-refractivity contribution in [2.45, 2.75) is 46.6 Å². The van der Waals surface area contributed by atoms with Gasteiger partial charge in [0.1, 0.15) is 17.3 Å². The lowest BCUT2D eigenvalue weighted by Gasteiger charge is -2.17. The van der Waals surface area contributed by atoms with Crippen molar-refractivity contribution < 1.29 is 41.0 Å². The first-order valence-electron chi connectivity index (χ1n) is 12.9. The van der Waals surface area contributed by atoms with Crippen LogP contribution in [-0.4, -0.2) is 49.3 Å². The largest absolute Gasteiger partial charge is 0.416 e. The number of carbonyl (C=O) groups excluding carboxylic acids is 2. The van der Waals surface area contributed by atoms with E-state index in [0.29, 0.717) is 13.2 Å². The van der Waals surface area contributed by atoms with E-state index in [1.165, 1.54) is 18.6 Å². The van der Waals surface area contributed by atoms with Gasteiger partial charge in [0, 0.05) is 13.2 Å². The summed E-state index contributed by atoms with van der Waals surface area (Å²) in [5.41, 5.74) is -1.82. The number of benzene rings is 2. The molecule has 0 unspecified atom stereocenters. The number of hydrogen-bond acceptors (Lipinski definition) is 7. The molecule has 1 aromatic heterocycles. The van der Waals surface area contributed by atoms with Gasteiger partial charge in [-0.05, 0) is 43.7 Å². The summed E-state index contributed by atoms with van der Waals surface area (Å²) in [4.78, 5) is 29.7. The zero-order valence-corrected chi connectivity index (χ0v) is 23.8. The van der Waals surface area contributed by atoms with Gasteiger partial charge in [0.2, 0.25) is 0 Å². The second-order valence-electron chi connectivity index (χ2n) is 8.41. The summed E-state index contributed by atoms with van der Waals surface area (Å²) in [6.45, 7) is 7.73. The third-order valence-corrected chi connectivity index (χ3v) is 6.13. The van der Waals surface area contributed by atoms with E-state index in [4.69, 9.17) is 9.47 Å². The van der Waals surface area contributed by atoms with Crippen molar-refractivity contribution in [3.63, 3.8) is 0 Å². The number of rotatable bonds is 12. The van der Waals surface area contributed by atoms with Crippen LogP contribution in [-0.2, 0) is 15.7 Å². The number of hydrogen-bond donors (Lipinski definition) is 2. The smallest absolute Gasteiger partial charge is 0.354 e. The average Bonchev–Trinajstić information content (AvgIpc) is 3.35. The third-order valence-electron chi connectivity index (χ3n) is 5.07. The van der Waals surface area contributed by atoms with E-state index in [2.05, 4.69) is 29.5 Å². The number of amides is 1. The molecular weight excluding hydrogens is 569 g/mol. The molecule has 0 saturated heterocycles. The van der Waals surface area contributed by atoms with E-state index in [1.807, 2.05) is 0 Å². The molecule has 13 heteroatoms. The average molecular weight is 602 g/mol. The molecule has 224 valence electrons. The molecule has 0 aliphatic carbocycles. The fraction of sp³-hybridized carbons (Fsp3) is 0.393. The van der Waals surface area contributed by atoms with Crippen molar-refractivity contribution in [1.82, 2.24) is 10.3 Å². The monoisotopic (exact) mass is 601 g/mol. The Hall–Kier alpha value is -3.42. The predicted octanol–water partition coefficient (Wildman–Crippen LogP) is 6.95. The molecule has 2 N–H and O–H groups in total. The van der Waals surface area contributed by atoms with Crippen LogP contribution in [0.2, 0.25) is 0 Å². The molecule has 2 aromatic carbocycles. The fourth-order valence-electron chi connectivity index (χ4n) is 3.39. The number of ketones is 1. The molecule has 0 atom stereocenters. The molecule has 0 aliphatic rings. The van der Waals surface area contributed by atoms with Gasteiger partial charge in [-0.1, -0.05) is 49.8 Å². The van der Waals surface area contributed by atoms with Gasteiger partial charge in [-0.3, -0.25) is 9.59 Å². The van der Waals surface area contributed by atoms with Crippen molar-refractivity contribution in [2.75, 3.05) is 31.6 Å².